The fraction of sp³-hybridized carbons (Fsp3) is 0.600. The zero-order valence-corrected chi connectivity index (χ0v) is 13.9. The molecule has 1 heterocycles. The Hall–Kier alpha value is -2.06. The summed E-state index contributed by atoms with van der Waals surface area (Å²) in [7, 11) is 1.57. The van der Waals surface area contributed by atoms with Gasteiger partial charge in [-0.1, -0.05) is 0 Å². The zero-order chi connectivity index (χ0) is 17.1. The molecule has 4 N–H and O–H groups in total. The molecule has 0 aliphatic rings. The van der Waals surface area contributed by atoms with Gasteiger partial charge in [-0.2, -0.15) is 0 Å². The Labute approximate surface area is 136 Å². The van der Waals surface area contributed by atoms with Crippen LogP contribution in [0.2, 0.25) is 0 Å². The molecule has 0 bridgehead atoms. The van der Waals surface area contributed by atoms with Gasteiger partial charge in [-0.05, 0) is 26.0 Å². The van der Waals surface area contributed by atoms with Crippen molar-refractivity contribution in [2.45, 2.75) is 19.4 Å². The van der Waals surface area contributed by atoms with Crippen LogP contribution in [0.1, 0.15) is 19.6 Å². The van der Waals surface area contributed by atoms with Crippen LogP contribution in [-0.2, 0) is 15.1 Å². The molecule has 0 saturated carbocycles. The molecule has 0 fully saturated rings. The number of ether oxygens (including phenoxy) is 1. The lowest BCUT2D eigenvalue weighted by Crippen LogP contribution is -2.45. The molecular weight excluding hydrogens is 300 g/mol. The van der Waals surface area contributed by atoms with Crippen LogP contribution < -0.4 is 16.0 Å². The lowest BCUT2D eigenvalue weighted by atomic mass is 10.0. The number of carbonyl (C=O) groups is 1. The SMILES string of the molecule is CCNC(=NCC(=O)NCCOC)NCC(C)(O)c1ccco1. The van der Waals surface area contributed by atoms with E-state index in [4.69, 9.17) is 9.15 Å². The molecule has 1 aromatic heterocycles. The van der Waals surface area contributed by atoms with Gasteiger partial charge in [0.1, 0.15) is 17.9 Å². The van der Waals surface area contributed by atoms with E-state index in [0.29, 0.717) is 31.4 Å². The first-order valence-electron chi connectivity index (χ1n) is 7.53. The number of aliphatic hydroxyl groups is 1. The Morgan fingerprint density at radius 3 is 2.83 bits per heavy atom. The highest BCUT2D eigenvalue weighted by Gasteiger charge is 2.26. The number of hydrogen-bond donors (Lipinski definition) is 4. The van der Waals surface area contributed by atoms with Crippen LogP contribution >= 0.6 is 0 Å². The van der Waals surface area contributed by atoms with Crippen LogP contribution in [-0.4, -0.2) is 56.9 Å². The van der Waals surface area contributed by atoms with Crippen LogP contribution in [0.15, 0.2) is 27.8 Å². The second kappa shape index (κ2) is 9.86. The maximum absolute atomic E-state index is 11.6. The summed E-state index contributed by atoms with van der Waals surface area (Å²) in [5.74, 6) is 0.705. The van der Waals surface area contributed by atoms with E-state index in [1.165, 1.54) is 6.26 Å². The minimum Gasteiger partial charge on any atom is -0.466 e. The van der Waals surface area contributed by atoms with Gasteiger partial charge in [0.25, 0.3) is 0 Å². The third-order valence-electron chi connectivity index (χ3n) is 3.01. The van der Waals surface area contributed by atoms with E-state index < -0.39 is 5.60 Å². The lowest BCUT2D eigenvalue weighted by Gasteiger charge is -2.22. The third kappa shape index (κ3) is 7.16. The summed E-state index contributed by atoms with van der Waals surface area (Å²) in [5, 5.41) is 19.1. The van der Waals surface area contributed by atoms with Crippen molar-refractivity contribution in [2.24, 2.45) is 4.99 Å². The lowest BCUT2D eigenvalue weighted by molar-refractivity contribution is -0.119. The van der Waals surface area contributed by atoms with E-state index in [9.17, 15) is 9.90 Å². The Bertz CT molecular complexity index is 486. The number of methoxy groups -OCH3 is 1. The van der Waals surface area contributed by atoms with Gasteiger partial charge in [0, 0.05) is 20.2 Å². The predicted molar refractivity (Wildman–Crippen MR) is 87.1 cm³/mol. The minimum atomic E-state index is -1.18. The van der Waals surface area contributed by atoms with Crippen molar-refractivity contribution in [3.05, 3.63) is 24.2 Å². The van der Waals surface area contributed by atoms with Gasteiger partial charge in [0.2, 0.25) is 5.91 Å². The Balaban J connectivity index is 2.50. The molecule has 0 spiro atoms. The predicted octanol–water partition coefficient (Wildman–Crippen LogP) is -0.195. The smallest absolute Gasteiger partial charge is 0.241 e. The quantitative estimate of drug-likeness (QED) is 0.284. The normalized spacial score (nSPS) is 14.2. The van der Waals surface area contributed by atoms with Gasteiger partial charge in [-0.15, -0.1) is 0 Å². The van der Waals surface area contributed by atoms with E-state index in [1.54, 1.807) is 26.2 Å². The molecule has 0 aliphatic carbocycles. The summed E-state index contributed by atoms with van der Waals surface area (Å²) >= 11 is 0. The van der Waals surface area contributed by atoms with E-state index in [2.05, 4.69) is 20.9 Å². The molecular formula is C15H26N4O4. The van der Waals surface area contributed by atoms with Gasteiger partial charge in [-0.3, -0.25) is 4.79 Å². The second-order valence-corrected chi connectivity index (χ2v) is 5.14. The first-order valence-corrected chi connectivity index (χ1v) is 7.53. The van der Waals surface area contributed by atoms with E-state index in [-0.39, 0.29) is 19.0 Å². The van der Waals surface area contributed by atoms with E-state index >= 15 is 0 Å². The van der Waals surface area contributed by atoms with Crippen LogP contribution in [0.3, 0.4) is 0 Å². The summed E-state index contributed by atoms with van der Waals surface area (Å²) in [6.45, 7) is 5.28. The fourth-order valence-electron chi connectivity index (χ4n) is 1.77. The van der Waals surface area contributed by atoms with Crippen LogP contribution in [0.5, 0.6) is 0 Å². The summed E-state index contributed by atoms with van der Waals surface area (Å²) < 4.78 is 10.1. The number of hydrogen-bond acceptors (Lipinski definition) is 5. The van der Waals surface area contributed by atoms with E-state index in [1.807, 2.05) is 6.92 Å². The molecule has 23 heavy (non-hydrogen) atoms. The number of carbonyl (C=O) groups excluding carboxylic acids is 1. The van der Waals surface area contributed by atoms with Gasteiger partial charge < -0.3 is 30.2 Å². The van der Waals surface area contributed by atoms with Crippen molar-refractivity contribution in [2.75, 3.05) is 39.9 Å². The second-order valence-electron chi connectivity index (χ2n) is 5.14. The Kier molecular flexibility index (Phi) is 8.14. The van der Waals surface area contributed by atoms with Crippen molar-refractivity contribution in [1.82, 2.24) is 16.0 Å². The average Bonchev–Trinajstić information content (AvgIpc) is 3.05. The van der Waals surface area contributed by atoms with Crippen molar-refractivity contribution >= 4 is 11.9 Å². The van der Waals surface area contributed by atoms with Crippen molar-refractivity contribution in [3.8, 4) is 0 Å². The summed E-state index contributed by atoms with van der Waals surface area (Å²) in [4.78, 5) is 15.8. The average molecular weight is 326 g/mol. The maximum atomic E-state index is 11.6. The van der Waals surface area contributed by atoms with Crippen molar-refractivity contribution in [3.63, 3.8) is 0 Å². The van der Waals surface area contributed by atoms with Crippen LogP contribution in [0.4, 0.5) is 0 Å². The molecule has 0 aromatic carbocycles. The van der Waals surface area contributed by atoms with Crippen molar-refractivity contribution < 1.29 is 19.1 Å². The molecule has 1 aromatic rings. The number of amides is 1. The highest BCUT2D eigenvalue weighted by atomic mass is 16.5. The first-order chi connectivity index (χ1) is 11.0. The number of nitrogens with one attached hydrogen (secondary N) is 3. The molecule has 1 atom stereocenters. The van der Waals surface area contributed by atoms with Gasteiger partial charge >= 0.3 is 0 Å². The maximum Gasteiger partial charge on any atom is 0.241 e. The largest absolute Gasteiger partial charge is 0.466 e. The molecule has 1 rings (SSSR count). The summed E-state index contributed by atoms with van der Waals surface area (Å²) in [5.41, 5.74) is -1.18. The highest BCUT2D eigenvalue weighted by Crippen LogP contribution is 2.19. The summed E-state index contributed by atoms with van der Waals surface area (Å²) in [6, 6.07) is 3.42. The fourth-order valence-corrected chi connectivity index (χ4v) is 1.77. The van der Waals surface area contributed by atoms with Gasteiger partial charge in [0.05, 0.1) is 19.4 Å². The molecule has 0 aliphatic heterocycles. The summed E-state index contributed by atoms with van der Waals surface area (Å²) in [6.07, 6.45) is 1.51. The molecule has 0 radical (unpaired) electrons. The van der Waals surface area contributed by atoms with Crippen LogP contribution in [0, 0.1) is 0 Å². The van der Waals surface area contributed by atoms with Crippen molar-refractivity contribution in [1.29, 1.82) is 0 Å². The first kappa shape index (κ1) is 19.0. The Morgan fingerprint density at radius 1 is 1.43 bits per heavy atom. The number of guanidine groups is 1. The highest BCUT2D eigenvalue weighted by molar-refractivity contribution is 5.84. The molecule has 1 unspecified atom stereocenters. The molecule has 8 nitrogen and oxygen atoms in total. The molecule has 1 amide bonds. The molecule has 130 valence electrons. The molecule has 0 saturated heterocycles. The Morgan fingerprint density at radius 2 is 2.22 bits per heavy atom. The topological polar surface area (TPSA) is 108 Å². The number of nitrogens with zero attached hydrogens (tertiary/aromatic N) is 1. The number of furan rings is 1. The van der Waals surface area contributed by atoms with E-state index in [0.717, 1.165) is 0 Å². The van der Waals surface area contributed by atoms with Crippen LogP contribution in [0.25, 0.3) is 0 Å². The number of rotatable bonds is 9. The standard InChI is InChI=1S/C15H26N4O4/c1-4-16-14(18-10-13(20)17-7-9-22-3)19-11-15(2,21)12-6-5-8-23-12/h5-6,8,21H,4,7,9-11H2,1-3H3,(H,17,20)(H2,16,18,19). The van der Waals surface area contributed by atoms with Gasteiger partial charge in [0.15, 0.2) is 5.96 Å². The third-order valence-corrected chi connectivity index (χ3v) is 3.01. The zero-order valence-electron chi connectivity index (χ0n) is 13.9. The number of aliphatic imine (C=N–C) groups is 1. The van der Waals surface area contributed by atoms with Gasteiger partial charge in [-0.25, -0.2) is 4.99 Å². The minimum absolute atomic E-state index is 0.0120. The molecule has 8 heteroatoms. The monoisotopic (exact) mass is 326 g/mol.